The first-order chi connectivity index (χ1) is 8.89. The molecule has 0 amide bonds. The third-order valence-electron chi connectivity index (χ3n) is 2.47. The van der Waals surface area contributed by atoms with Crippen molar-refractivity contribution >= 4 is 17.0 Å². The molecule has 0 atom stereocenters. The summed E-state index contributed by atoms with van der Waals surface area (Å²) in [6.07, 6.45) is 1.58. The molecule has 19 heavy (non-hydrogen) atoms. The van der Waals surface area contributed by atoms with Gasteiger partial charge >= 0.3 is 5.97 Å². The maximum absolute atomic E-state index is 11.8. The van der Waals surface area contributed by atoms with Crippen LogP contribution < -0.4 is 0 Å². The van der Waals surface area contributed by atoms with Crippen LogP contribution in [0.1, 0.15) is 26.3 Å². The van der Waals surface area contributed by atoms with Gasteiger partial charge in [-0.2, -0.15) is 5.26 Å². The lowest BCUT2D eigenvalue weighted by molar-refractivity contribution is -0.155. The number of aromatic nitrogens is 2. The third kappa shape index (κ3) is 3.10. The van der Waals surface area contributed by atoms with Crippen molar-refractivity contribution in [3.05, 3.63) is 30.1 Å². The molecular formula is C14H15N3O2. The fourth-order valence-electron chi connectivity index (χ4n) is 1.77. The third-order valence-corrected chi connectivity index (χ3v) is 2.47. The van der Waals surface area contributed by atoms with E-state index in [1.54, 1.807) is 29.1 Å². The summed E-state index contributed by atoms with van der Waals surface area (Å²) in [7, 11) is 0. The number of benzene rings is 1. The molecule has 0 saturated carbocycles. The summed E-state index contributed by atoms with van der Waals surface area (Å²) in [4.78, 5) is 16.0. The molecule has 1 heterocycles. The van der Waals surface area contributed by atoms with Gasteiger partial charge in [0.2, 0.25) is 0 Å². The number of esters is 1. The molecule has 1 aromatic heterocycles. The first-order valence-corrected chi connectivity index (χ1v) is 5.96. The number of ether oxygens (including phenoxy) is 1. The molecule has 2 rings (SSSR count). The number of imidazole rings is 1. The Morgan fingerprint density at radius 1 is 1.47 bits per heavy atom. The normalized spacial score (nSPS) is 11.3. The molecule has 98 valence electrons. The molecule has 0 aliphatic carbocycles. The van der Waals surface area contributed by atoms with Gasteiger partial charge in [0, 0.05) is 0 Å². The number of nitrogens with zero attached hydrogens (tertiary/aromatic N) is 3. The largest absolute Gasteiger partial charge is 0.459 e. The van der Waals surface area contributed by atoms with E-state index in [-0.39, 0.29) is 12.5 Å². The van der Waals surface area contributed by atoms with Crippen molar-refractivity contribution in [2.75, 3.05) is 0 Å². The van der Waals surface area contributed by atoms with E-state index in [1.807, 2.05) is 20.8 Å². The molecular weight excluding hydrogens is 242 g/mol. The van der Waals surface area contributed by atoms with E-state index in [2.05, 4.69) is 11.1 Å². The highest BCUT2D eigenvalue weighted by Crippen LogP contribution is 2.15. The summed E-state index contributed by atoms with van der Waals surface area (Å²) in [6, 6.07) is 7.25. The van der Waals surface area contributed by atoms with E-state index in [1.165, 1.54) is 0 Å². The lowest BCUT2D eigenvalue weighted by Crippen LogP contribution is -2.26. The first-order valence-electron chi connectivity index (χ1n) is 5.96. The molecule has 0 N–H and O–H groups in total. The number of nitriles is 1. The van der Waals surface area contributed by atoms with Gasteiger partial charge in [-0.3, -0.25) is 4.79 Å². The van der Waals surface area contributed by atoms with E-state index >= 15 is 0 Å². The number of rotatable bonds is 2. The van der Waals surface area contributed by atoms with Crippen molar-refractivity contribution in [3.63, 3.8) is 0 Å². The Kier molecular flexibility index (Phi) is 3.26. The van der Waals surface area contributed by atoms with Gasteiger partial charge in [-0.25, -0.2) is 4.98 Å². The van der Waals surface area contributed by atoms with E-state index in [4.69, 9.17) is 10.00 Å². The number of hydrogen-bond donors (Lipinski definition) is 0. The van der Waals surface area contributed by atoms with Gasteiger partial charge in [-0.1, -0.05) is 0 Å². The summed E-state index contributed by atoms with van der Waals surface area (Å²) in [6.45, 7) is 5.56. The molecule has 5 nitrogen and oxygen atoms in total. The zero-order valence-corrected chi connectivity index (χ0v) is 11.2. The van der Waals surface area contributed by atoms with Crippen LogP contribution in [-0.2, 0) is 16.1 Å². The van der Waals surface area contributed by atoms with Gasteiger partial charge in [-0.05, 0) is 39.0 Å². The number of hydrogen-bond acceptors (Lipinski definition) is 4. The summed E-state index contributed by atoms with van der Waals surface area (Å²) in [5.74, 6) is -0.325. The highest BCUT2D eigenvalue weighted by molar-refractivity contribution is 5.79. The van der Waals surface area contributed by atoms with Crippen LogP contribution in [0.2, 0.25) is 0 Å². The van der Waals surface area contributed by atoms with Gasteiger partial charge in [0.1, 0.15) is 12.1 Å². The van der Waals surface area contributed by atoms with E-state index in [0.29, 0.717) is 5.56 Å². The Bertz CT molecular complexity index is 659. The maximum Gasteiger partial charge on any atom is 0.326 e. The highest BCUT2D eigenvalue weighted by Gasteiger charge is 2.17. The molecule has 0 fully saturated rings. The molecule has 0 bridgehead atoms. The van der Waals surface area contributed by atoms with Gasteiger partial charge in [0.25, 0.3) is 0 Å². The van der Waals surface area contributed by atoms with Crippen LogP contribution in [0.25, 0.3) is 11.0 Å². The van der Waals surface area contributed by atoms with Gasteiger partial charge in [0.15, 0.2) is 0 Å². The second kappa shape index (κ2) is 4.73. The Morgan fingerprint density at radius 3 is 2.84 bits per heavy atom. The fraction of sp³-hybridized carbons (Fsp3) is 0.357. The smallest absolute Gasteiger partial charge is 0.326 e. The average molecular weight is 257 g/mol. The molecule has 2 aromatic rings. The van der Waals surface area contributed by atoms with Crippen molar-refractivity contribution in [1.82, 2.24) is 9.55 Å². The SMILES string of the molecule is CC(C)(C)OC(=O)Cn1cnc2ccc(C#N)cc21. The quantitative estimate of drug-likeness (QED) is 0.774. The number of fused-ring (bicyclic) bond motifs is 1. The van der Waals surface area contributed by atoms with Gasteiger partial charge in [-0.15, -0.1) is 0 Å². The molecule has 0 saturated heterocycles. The highest BCUT2D eigenvalue weighted by atomic mass is 16.6. The second-order valence-corrected chi connectivity index (χ2v) is 5.27. The van der Waals surface area contributed by atoms with E-state index < -0.39 is 5.60 Å². The number of carbonyl (C=O) groups is 1. The van der Waals surface area contributed by atoms with Crippen LogP contribution in [0, 0.1) is 11.3 Å². The Labute approximate surface area is 111 Å². The van der Waals surface area contributed by atoms with Crippen LogP contribution in [-0.4, -0.2) is 21.1 Å². The van der Waals surface area contributed by atoms with Crippen molar-refractivity contribution in [3.8, 4) is 6.07 Å². The Hall–Kier alpha value is -2.35. The fourth-order valence-corrected chi connectivity index (χ4v) is 1.77. The van der Waals surface area contributed by atoms with Gasteiger partial charge in [0.05, 0.1) is 29.0 Å². The molecule has 0 aliphatic rings. The van der Waals surface area contributed by atoms with Crippen LogP contribution in [0.15, 0.2) is 24.5 Å². The van der Waals surface area contributed by atoms with Crippen LogP contribution >= 0.6 is 0 Å². The zero-order valence-electron chi connectivity index (χ0n) is 11.2. The summed E-state index contributed by atoms with van der Waals surface area (Å²) < 4.78 is 6.95. The topological polar surface area (TPSA) is 67.9 Å². The minimum absolute atomic E-state index is 0.0860. The lowest BCUT2D eigenvalue weighted by atomic mass is 10.2. The van der Waals surface area contributed by atoms with Crippen molar-refractivity contribution in [2.45, 2.75) is 32.9 Å². The van der Waals surface area contributed by atoms with Crippen molar-refractivity contribution in [1.29, 1.82) is 5.26 Å². The van der Waals surface area contributed by atoms with Crippen LogP contribution in [0.3, 0.4) is 0 Å². The van der Waals surface area contributed by atoms with Crippen LogP contribution in [0.4, 0.5) is 0 Å². The van der Waals surface area contributed by atoms with Gasteiger partial charge < -0.3 is 9.30 Å². The lowest BCUT2D eigenvalue weighted by Gasteiger charge is -2.19. The molecule has 0 unspecified atom stereocenters. The molecule has 0 spiro atoms. The predicted molar refractivity (Wildman–Crippen MR) is 70.3 cm³/mol. The van der Waals surface area contributed by atoms with E-state index in [0.717, 1.165) is 11.0 Å². The van der Waals surface area contributed by atoms with Crippen LogP contribution in [0.5, 0.6) is 0 Å². The minimum atomic E-state index is -0.509. The van der Waals surface area contributed by atoms with Crippen molar-refractivity contribution < 1.29 is 9.53 Å². The maximum atomic E-state index is 11.8. The molecule has 0 radical (unpaired) electrons. The second-order valence-electron chi connectivity index (χ2n) is 5.27. The molecule has 5 heteroatoms. The molecule has 0 aliphatic heterocycles. The average Bonchev–Trinajstić information content (AvgIpc) is 2.69. The Morgan fingerprint density at radius 2 is 2.21 bits per heavy atom. The predicted octanol–water partition coefficient (Wildman–Crippen LogP) is 2.25. The summed E-state index contributed by atoms with van der Waals surface area (Å²) >= 11 is 0. The van der Waals surface area contributed by atoms with Crippen molar-refractivity contribution in [2.24, 2.45) is 0 Å². The zero-order chi connectivity index (χ0) is 14.0. The Balaban J connectivity index is 2.26. The summed E-state index contributed by atoms with van der Waals surface area (Å²) in [5, 5.41) is 8.89. The first kappa shape index (κ1) is 13.1. The standard InChI is InChI=1S/C14H15N3O2/c1-14(2,3)19-13(18)8-17-9-16-11-5-4-10(7-15)6-12(11)17/h4-6,9H,8H2,1-3H3. The van der Waals surface area contributed by atoms with E-state index in [9.17, 15) is 4.79 Å². The minimum Gasteiger partial charge on any atom is -0.459 e. The number of carbonyl (C=O) groups excluding carboxylic acids is 1. The summed E-state index contributed by atoms with van der Waals surface area (Å²) in [5.41, 5.74) is 1.54. The molecule has 1 aromatic carbocycles. The monoisotopic (exact) mass is 257 g/mol.